The second-order valence-electron chi connectivity index (χ2n) is 7.46. The number of hydrogen-bond acceptors (Lipinski definition) is 7. The van der Waals surface area contributed by atoms with Gasteiger partial charge in [0, 0.05) is 6.04 Å². The summed E-state index contributed by atoms with van der Waals surface area (Å²) in [5, 5.41) is 23.8. The fourth-order valence-electron chi connectivity index (χ4n) is 3.28. The number of rotatable bonds is 3. The number of imidazole rings is 1. The number of aromatic nitrogens is 5. The lowest BCUT2D eigenvalue weighted by Crippen LogP contribution is -2.25. The Kier molecular flexibility index (Phi) is 4.22. The van der Waals surface area contributed by atoms with Crippen LogP contribution in [0, 0.1) is 11.3 Å². The molecule has 3 heterocycles. The van der Waals surface area contributed by atoms with Crippen molar-refractivity contribution in [3.05, 3.63) is 45.3 Å². The molecular weight excluding hydrogens is 396 g/mol. The van der Waals surface area contributed by atoms with Crippen LogP contribution < -0.4 is 5.56 Å². The number of nitrogens with zero attached hydrogens (tertiary/aromatic N) is 6. The van der Waals surface area contributed by atoms with Crippen LogP contribution >= 0.6 is 11.6 Å². The summed E-state index contributed by atoms with van der Waals surface area (Å²) >= 11 is 6.21. The fourth-order valence-corrected chi connectivity index (χ4v) is 3.47. The van der Waals surface area contributed by atoms with E-state index < -0.39 is 5.60 Å². The van der Waals surface area contributed by atoms with E-state index in [1.165, 1.54) is 24.7 Å². The Balaban J connectivity index is 2.14. The molecule has 9 nitrogen and oxygen atoms in total. The molecule has 29 heavy (non-hydrogen) atoms. The second-order valence-corrected chi connectivity index (χ2v) is 7.87. The quantitative estimate of drug-likeness (QED) is 0.548. The molecule has 0 unspecified atom stereocenters. The lowest BCUT2D eigenvalue weighted by molar-refractivity contribution is 0.0420. The predicted octanol–water partition coefficient (Wildman–Crippen LogP) is 3.03. The average Bonchev–Trinajstić information content (AvgIpc) is 3.28. The van der Waals surface area contributed by atoms with Crippen molar-refractivity contribution in [1.82, 2.24) is 24.1 Å². The van der Waals surface area contributed by atoms with E-state index in [1.54, 1.807) is 16.5 Å². The van der Waals surface area contributed by atoms with Crippen molar-refractivity contribution in [2.45, 2.75) is 39.3 Å². The van der Waals surface area contributed by atoms with Gasteiger partial charge in [-0.1, -0.05) is 16.8 Å². The van der Waals surface area contributed by atoms with E-state index >= 15 is 0 Å². The Labute approximate surface area is 169 Å². The molecule has 0 saturated heterocycles. The zero-order valence-electron chi connectivity index (χ0n) is 16.1. The molecule has 3 aromatic heterocycles. The number of nitriles is 1. The summed E-state index contributed by atoms with van der Waals surface area (Å²) in [6.45, 7) is 6.72. The third kappa shape index (κ3) is 2.80. The number of hydrogen-bond donors (Lipinski definition) is 1. The Hall–Kier alpha value is -3.22. The van der Waals surface area contributed by atoms with Gasteiger partial charge in [0.2, 0.25) is 5.82 Å². The normalized spacial score (nSPS) is 12.2. The van der Waals surface area contributed by atoms with Crippen molar-refractivity contribution < 1.29 is 9.63 Å². The van der Waals surface area contributed by atoms with Crippen LogP contribution in [0.1, 0.15) is 45.2 Å². The van der Waals surface area contributed by atoms with Gasteiger partial charge in [-0.3, -0.25) is 9.20 Å². The van der Waals surface area contributed by atoms with Crippen molar-refractivity contribution in [1.29, 1.82) is 5.26 Å². The molecule has 0 fully saturated rings. The molecule has 0 amide bonds. The minimum absolute atomic E-state index is 0.0113. The van der Waals surface area contributed by atoms with Crippen molar-refractivity contribution in [3.63, 3.8) is 0 Å². The number of halogens is 1. The summed E-state index contributed by atoms with van der Waals surface area (Å²) in [5.41, 5.74) is 0.00851. The molecule has 0 bridgehead atoms. The number of aliphatic hydroxyl groups is 1. The maximum absolute atomic E-state index is 13.4. The lowest BCUT2D eigenvalue weighted by Gasteiger charge is -2.17. The van der Waals surface area contributed by atoms with E-state index in [0.717, 1.165) is 0 Å². The van der Waals surface area contributed by atoms with Crippen LogP contribution in [0.15, 0.2) is 27.8 Å². The van der Waals surface area contributed by atoms with Gasteiger partial charge in [-0.25, -0.2) is 4.98 Å². The van der Waals surface area contributed by atoms with Crippen LogP contribution in [0.3, 0.4) is 0 Å². The van der Waals surface area contributed by atoms with Crippen molar-refractivity contribution in [3.8, 4) is 17.6 Å². The molecule has 0 spiro atoms. The molecule has 10 heteroatoms. The third-order valence-electron chi connectivity index (χ3n) is 4.58. The van der Waals surface area contributed by atoms with Gasteiger partial charge < -0.3 is 14.2 Å². The number of benzene rings is 1. The molecule has 4 rings (SSSR count). The minimum atomic E-state index is -1.33. The van der Waals surface area contributed by atoms with E-state index in [0.29, 0.717) is 11.0 Å². The first-order valence-electron chi connectivity index (χ1n) is 8.86. The van der Waals surface area contributed by atoms with Gasteiger partial charge in [0.25, 0.3) is 11.4 Å². The number of fused-ring (bicyclic) bond motifs is 3. The van der Waals surface area contributed by atoms with Gasteiger partial charge in [0.05, 0.1) is 21.6 Å². The Morgan fingerprint density at radius 2 is 2.03 bits per heavy atom. The lowest BCUT2D eigenvalue weighted by atomic mass is 10.1. The third-order valence-corrected chi connectivity index (χ3v) is 4.90. The summed E-state index contributed by atoms with van der Waals surface area (Å²) in [4.78, 5) is 21.9. The van der Waals surface area contributed by atoms with Crippen molar-refractivity contribution >= 4 is 28.2 Å². The molecule has 1 aromatic carbocycles. The highest BCUT2D eigenvalue weighted by Gasteiger charge is 2.27. The van der Waals surface area contributed by atoms with E-state index in [2.05, 4.69) is 21.2 Å². The van der Waals surface area contributed by atoms with E-state index in [1.807, 2.05) is 13.8 Å². The topological polar surface area (TPSA) is 122 Å². The molecule has 148 valence electrons. The molecule has 0 aliphatic rings. The maximum Gasteiger partial charge on any atom is 0.278 e. The van der Waals surface area contributed by atoms with Crippen LogP contribution in [-0.2, 0) is 5.60 Å². The fraction of sp³-hybridized carbons (Fsp3) is 0.316. The van der Waals surface area contributed by atoms with E-state index in [9.17, 15) is 15.2 Å². The van der Waals surface area contributed by atoms with Gasteiger partial charge in [-0.15, -0.1) is 0 Å². The molecule has 4 aromatic rings. The SMILES string of the molecule is CC(C)n1c(=O)c2c(-c3noc(C(C)(C)O)n3)ncn2c2ccc(Cl)c(C#N)c21. The Morgan fingerprint density at radius 1 is 1.31 bits per heavy atom. The van der Waals surface area contributed by atoms with Gasteiger partial charge in [-0.2, -0.15) is 10.2 Å². The monoisotopic (exact) mass is 412 g/mol. The summed E-state index contributed by atoms with van der Waals surface area (Å²) in [6, 6.07) is 5.18. The zero-order chi connectivity index (χ0) is 21.1. The van der Waals surface area contributed by atoms with Crippen LogP contribution in [0.25, 0.3) is 28.1 Å². The second kappa shape index (κ2) is 6.40. The highest BCUT2D eigenvalue weighted by molar-refractivity contribution is 6.32. The Bertz CT molecular complexity index is 1370. The first-order chi connectivity index (χ1) is 13.6. The van der Waals surface area contributed by atoms with Gasteiger partial charge in [-0.05, 0) is 39.8 Å². The van der Waals surface area contributed by atoms with Crippen LogP contribution in [0.2, 0.25) is 5.02 Å². The molecule has 0 aliphatic heterocycles. The average molecular weight is 413 g/mol. The van der Waals surface area contributed by atoms with E-state index in [-0.39, 0.29) is 45.1 Å². The largest absolute Gasteiger partial charge is 0.381 e. The molecule has 1 N–H and O–H groups in total. The Morgan fingerprint density at radius 3 is 2.62 bits per heavy atom. The van der Waals surface area contributed by atoms with E-state index in [4.69, 9.17) is 16.1 Å². The van der Waals surface area contributed by atoms with Gasteiger partial charge >= 0.3 is 0 Å². The molecule has 0 radical (unpaired) electrons. The maximum atomic E-state index is 13.4. The van der Waals surface area contributed by atoms with Crippen LogP contribution in [0.4, 0.5) is 0 Å². The summed E-state index contributed by atoms with van der Waals surface area (Å²) < 4.78 is 8.23. The standard InChI is InChI=1S/C19H17ClN6O3/c1-9(2)26-14-10(7-21)11(20)5-6-12(14)25-8-22-13(15(25)17(26)27)16-23-18(29-24-16)19(3,4)28/h5-6,8-9,28H,1-4H3. The molecular formula is C19H17ClN6O3. The van der Waals surface area contributed by atoms with Gasteiger partial charge in [0.1, 0.15) is 29.2 Å². The predicted molar refractivity (Wildman–Crippen MR) is 106 cm³/mol. The first-order valence-corrected chi connectivity index (χ1v) is 9.23. The summed E-state index contributed by atoms with van der Waals surface area (Å²) in [6.07, 6.45) is 1.47. The highest BCUT2D eigenvalue weighted by Crippen LogP contribution is 2.30. The van der Waals surface area contributed by atoms with Crippen LogP contribution in [0.5, 0.6) is 0 Å². The molecule has 0 aliphatic carbocycles. The smallest absolute Gasteiger partial charge is 0.278 e. The molecule has 0 atom stereocenters. The summed E-state index contributed by atoms with van der Waals surface area (Å²) in [7, 11) is 0. The minimum Gasteiger partial charge on any atom is -0.381 e. The van der Waals surface area contributed by atoms with Gasteiger partial charge in [0.15, 0.2) is 0 Å². The zero-order valence-corrected chi connectivity index (χ0v) is 16.9. The highest BCUT2D eigenvalue weighted by atomic mass is 35.5. The van der Waals surface area contributed by atoms with Crippen molar-refractivity contribution in [2.75, 3.05) is 0 Å². The van der Waals surface area contributed by atoms with Crippen LogP contribution in [-0.4, -0.2) is 29.2 Å². The summed E-state index contributed by atoms with van der Waals surface area (Å²) in [5.74, 6) is 0.100. The molecule has 0 saturated carbocycles. The van der Waals surface area contributed by atoms with Crippen molar-refractivity contribution in [2.24, 2.45) is 0 Å². The first kappa shape index (κ1) is 19.1.